The second kappa shape index (κ2) is 5.50. The summed E-state index contributed by atoms with van der Waals surface area (Å²) in [6.45, 7) is 5.57. The minimum absolute atomic E-state index is 0.475. The highest BCUT2D eigenvalue weighted by molar-refractivity contribution is 4.88. The molecule has 0 radical (unpaired) electrons. The Kier molecular flexibility index (Phi) is 4.26. The highest BCUT2D eigenvalue weighted by atomic mass is 16.5. The zero-order chi connectivity index (χ0) is 11.5. The summed E-state index contributed by atoms with van der Waals surface area (Å²) in [5.41, 5.74) is 0. The minimum atomic E-state index is 0.475. The summed E-state index contributed by atoms with van der Waals surface area (Å²) < 4.78 is 5.72. The SMILES string of the molecule is CNC(C1CCC(C)CC1)C1COC(C)C1. The Hall–Kier alpha value is -0.0800. The Labute approximate surface area is 100 Å². The first-order valence-corrected chi connectivity index (χ1v) is 6.99. The lowest BCUT2D eigenvalue weighted by atomic mass is 9.75. The molecule has 2 aliphatic rings. The van der Waals surface area contributed by atoms with Gasteiger partial charge in [0, 0.05) is 12.0 Å². The van der Waals surface area contributed by atoms with Gasteiger partial charge < -0.3 is 10.1 Å². The average Bonchev–Trinajstić information content (AvgIpc) is 2.69. The van der Waals surface area contributed by atoms with Crippen molar-refractivity contribution < 1.29 is 4.74 Å². The third kappa shape index (κ3) is 2.78. The monoisotopic (exact) mass is 225 g/mol. The van der Waals surface area contributed by atoms with E-state index in [4.69, 9.17) is 4.74 Å². The van der Waals surface area contributed by atoms with E-state index in [9.17, 15) is 0 Å². The van der Waals surface area contributed by atoms with Gasteiger partial charge in [0.2, 0.25) is 0 Å². The zero-order valence-corrected chi connectivity index (χ0v) is 11.0. The predicted octanol–water partition coefficient (Wildman–Crippen LogP) is 2.83. The van der Waals surface area contributed by atoms with Crippen LogP contribution in [-0.2, 0) is 4.74 Å². The summed E-state index contributed by atoms with van der Waals surface area (Å²) >= 11 is 0. The summed E-state index contributed by atoms with van der Waals surface area (Å²) in [5.74, 6) is 2.59. The molecular weight excluding hydrogens is 198 g/mol. The van der Waals surface area contributed by atoms with Gasteiger partial charge in [-0.3, -0.25) is 0 Å². The molecule has 2 nitrogen and oxygen atoms in total. The number of rotatable bonds is 3. The van der Waals surface area contributed by atoms with Crippen LogP contribution in [0.25, 0.3) is 0 Å². The number of hydrogen-bond donors (Lipinski definition) is 1. The van der Waals surface area contributed by atoms with Gasteiger partial charge in [-0.1, -0.05) is 19.8 Å². The summed E-state index contributed by atoms with van der Waals surface area (Å²) in [6.07, 6.45) is 7.40. The molecule has 1 heterocycles. The van der Waals surface area contributed by atoms with Crippen molar-refractivity contribution in [2.75, 3.05) is 13.7 Å². The van der Waals surface area contributed by atoms with Gasteiger partial charge in [-0.15, -0.1) is 0 Å². The third-order valence-electron chi connectivity index (χ3n) is 4.64. The number of nitrogens with one attached hydrogen (secondary N) is 1. The van der Waals surface area contributed by atoms with Crippen LogP contribution < -0.4 is 5.32 Å². The number of hydrogen-bond acceptors (Lipinski definition) is 2. The molecule has 0 aromatic heterocycles. The maximum Gasteiger partial charge on any atom is 0.0551 e. The first-order valence-electron chi connectivity index (χ1n) is 6.99. The maximum absolute atomic E-state index is 5.72. The van der Waals surface area contributed by atoms with Crippen molar-refractivity contribution in [3.63, 3.8) is 0 Å². The quantitative estimate of drug-likeness (QED) is 0.797. The molecule has 2 heteroatoms. The smallest absolute Gasteiger partial charge is 0.0551 e. The highest BCUT2D eigenvalue weighted by Crippen LogP contribution is 2.35. The third-order valence-corrected chi connectivity index (χ3v) is 4.64. The molecule has 1 aliphatic carbocycles. The van der Waals surface area contributed by atoms with Crippen molar-refractivity contribution in [1.82, 2.24) is 5.32 Å². The molecule has 16 heavy (non-hydrogen) atoms. The van der Waals surface area contributed by atoms with E-state index in [-0.39, 0.29) is 0 Å². The lowest BCUT2D eigenvalue weighted by Gasteiger charge is -2.35. The fourth-order valence-electron chi connectivity index (χ4n) is 3.60. The van der Waals surface area contributed by atoms with Crippen LogP contribution in [0.2, 0.25) is 0 Å². The Morgan fingerprint density at radius 3 is 2.25 bits per heavy atom. The van der Waals surface area contributed by atoms with E-state index in [0.29, 0.717) is 12.1 Å². The van der Waals surface area contributed by atoms with Gasteiger partial charge in [0.1, 0.15) is 0 Å². The Bertz CT molecular complexity index is 211. The van der Waals surface area contributed by atoms with Crippen LogP contribution in [-0.4, -0.2) is 25.8 Å². The lowest BCUT2D eigenvalue weighted by molar-refractivity contribution is 0.110. The molecule has 2 fully saturated rings. The zero-order valence-electron chi connectivity index (χ0n) is 11.0. The van der Waals surface area contributed by atoms with Crippen molar-refractivity contribution >= 4 is 0 Å². The molecule has 0 bridgehead atoms. The molecule has 0 spiro atoms. The van der Waals surface area contributed by atoms with Gasteiger partial charge in [0.25, 0.3) is 0 Å². The van der Waals surface area contributed by atoms with Crippen LogP contribution in [0.4, 0.5) is 0 Å². The second-order valence-electron chi connectivity index (χ2n) is 5.97. The van der Waals surface area contributed by atoms with E-state index in [2.05, 4.69) is 26.2 Å². The Balaban J connectivity index is 1.89. The molecule has 1 N–H and O–H groups in total. The standard InChI is InChI=1S/C14H27NO/c1-10-4-6-12(7-5-10)14(15-3)13-8-11(2)16-9-13/h10-15H,4-9H2,1-3H3. The van der Waals surface area contributed by atoms with Crippen molar-refractivity contribution in [2.24, 2.45) is 17.8 Å². The van der Waals surface area contributed by atoms with Crippen LogP contribution in [0.1, 0.15) is 46.0 Å². The summed E-state index contributed by atoms with van der Waals surface area (Å²) in [4.78, 5) is 0. The highest BCUT2D eigenvalue weighted by Gasteiger charge is 2.34. The van der Waals surface area contributed by atoms with E-state index in [0.717, 1.165) is 24.4 Å². The largest absolute Gasteiger partial charge is 0.378 e. The molecule has 0 amide bonds. The second-order valence-corrected chi connectivity index (χ2v) is 5.97. The Morgan fingerprint density at radius 1 is 1.06 bits per heavy atom. The van der Waals surface area contributed by atoms with Crippen molar-refractivity contribution in [3.05, 3.63) is 0 Å². The first kappa shape index (κ1) is 12.4. The van der Waals surface area contributed by atoms with Gasteiger partial charge >= 0.3 is 0 Å². The van der Waals surface area contributed by atoms with Gasteiger partial charge in [0.05, 0.1) is 12.7 Å². The molecule has 3 atom stereocenters. The summed E-state index contributed by atoms with van der Waals surface area (Å²) in [6, 6.07) is 0.692. The van der Waals surface area contributed by atoms with E-state index < -0.39 is 0 Å². The van der Waals surface area contributed by atoms with E-state index >= 15 is 0 Å². The van der Waals surface area contributed by atoms with Crippen LogP contribution >= 0.6 is 0 Å². The molecule has 3 unspecified atom stereocenters. The molecule has 1 saturated carbocycles. The minimum Gasteiger partial charge on any atom is -0.378 e. The molecule has 1 aliphatic heterocycles. The fraction of sp³-hybridized carbons (Fsp3) is 1.00. The fourth-order valence-corrected chi connectivity index (χ4v) is 3.60. The van der Waals surface area contributed by atoms with Gasteiger partial charge in [0.15, 0.2) is 0 Å². The molecule has 1 saturated heterocycles. The van der Waals surface area contributed by atoms with Crippen molar-refractivity contribution in [1.29, 1.82) is 0 Å². The van der Waals surface area contributed by atoms with Crippen LogP contribution in [0.3, 0.4) is 0 Å². The van der Waals surface area contributed by atoms with E-state index in [1.54, 1.807) is 0 Å². The van der Waals surface area contributed by atoms with Gasteiger partial charge in [-0.05, 0) is 45.1 Å². The molecular formula is C14H27NO. The average molecular weight is 225 g/mol. The van der Waals surface area contributed by atoms with Crippen LogP contribution in [0, 0.1) is 17.8 Å². The first-order chi connectivity index (χ1) is 7.70. The van der Waals surface area contributed by atoms with Gasteiger partial charge in [-0.25, -0.2) is 0 Å². The van der Waals surface area contributed by atoms with Crippen molar-refractivity contribution in [2.45, 2.75) is 58.1 Å². The van der Waals surface area contributed by atoms with Crippen molar-refractivity contribution in [3.8, 4) is 0 Å². The molecule has 2 rings (SSSR count). The molecule has 94 valence electrons. The number of ether oxygens (including phenoxy) is 1. The van der Waals surface area contributed by atoms with Crippen LogP contribution in [0.15, 0.2) is 0 Å². The molecule has 0 aromatic rings. The van der Waals surface area contributed by atoms with Gasteiger partial charge in [-0.2, -0.15) is 0 Å². The Morgan fingerprint density at radius 2 is 1.75 bits per heavy atom. The predicted molar refractivity (Wildman–Crippen MR) is 67.5 cm³/mol. The van der Waals surface area contributed by atoms with Crippen LogP contribution in [0.5, 0.6) is 0 Å². The lowest BCUT2D eigenvalue weighted by Crippen LogP contribution is -2.42. The summed E-state index contributed by atoms with van der Waals surface area (Å²) in [5, 5.41) is 3.57. The van der Waals surface area contributed by atoms with E-state index in [1.165, 1.54) is 32.1 Å². The topological polar surface area (TPSA) is 21.3 Å². The normalized spacial score (nSPS) is 42.2. The molecule has 0 aromatic carbocycles. The van der Waals surface area contributed by atoms with E-state index in [1.807, 2.05) is 0 Å². The summed E-state index contributed by atoms with van der Waals surface area (Å²) in [7, 11) is 2.13. The maximum atomic E-state index is 5.72.